The minimum atomic E-state index is -4.35. The van der Waals surface area contributed by atoms with E-state index in [1.54, 1.807) is 6.07 Å². The van der Waals surface area contributed by atoms with Gasteiger partial charge < -0.3 is 15.3 Å². The van der Waals surface area contributed by atoms with Gasteiger partial charge in [-0.15, -0.1) is 0 Å². The molecule has 0 fully saturated rings. The van der Waals surface area contributed by atoms with Gasteiger partial charge in [0, 0.05) is 48.9 Å². The molecular formula is C3H8BaNO5P. The van der Waals surface area contributed by atoms with Gasteiger partial charge in [0.1, 0.15) is 0 Å². The topological polar surface area (TPSA) is 122 Å². The minimum absolute atomic E-state index is 0. The molecule has 0 aromatic rings. The number of hydrogen-bond acceptors (Lipinski definition) is 3. The van der Waals surface area contributed by atoms with Crippen molar-refractivity contribution in [2.75, 3.05) is 6.61 Å². The summed E-state index contributed by atoms with van der Waals surface area (Å²) in [4.78, 5) is 16.0. The molecule has 0 aromatic heterocycles. The molecule has 0 heterocycles. The second-order valence-electron chi connectivity index (χ2n) is 1.23. The van der Waals surface area contributed by atoms with Crippen molar-refractivity contribution in [1.82, 2.24) is 0 Å². The summed E-state index contributed by atoms with van der Waals surface area (Å²) >= 11 is 0. The Bertz CT molecular complexity index is 162. The molecule has 4 N–H and O–H groups in total. The zero-order chi connectivity index (χ0) is 7.33. The molecule has 8 heteroatoms. The summed E-state index contributed by atoms with van der Waals surface area (Å²) in [6.45, 7) is -0.221. The summed E-state index contributed by atoms with van der Waals surface area (Å²) in [5, 5.41) is 7.88. The Kier molecular flexibility index (Phi) is 15.1. The Balaban J connectivity index is -0.000000320. The van der Waals surface area contributed by atoms with Crippen molar-refractivity contribution < 1.29 is 24.4 Å². The quantitative estimate of drug-likeness (QED) is 0.385. The number of nitrogens with zero attached hydrogens (tertiary/aromatic N) is 1. The van der Waals surface area contributed by atoms with Gasteiger partial charge >= 0.3 is 7.82 Å². The van der Waals surface area contributed by atoms with Crippen LogP contribution in [-0.2, 0) is 9.09 Å². The molecule has 0 aliphatic carbocycles. The maximum Gasteiger partial charge on any atom is 0.469 e. The average Bonchev–Trinajstić information content (AvgIpc) is 1.63. The van der Waals surface area contributed by atoms with Crippen LogP contribution in [0.5, 0.6) is 0 Å². The Morgan fingerprint density at radius 2 is 2.00 bits per heavy atom. The zero-order valence-electron chi connectivity index (χ0n) is 5.73. The first-order valence-corrected chi connectivity index (χ1v) is 3.66. The van der Waals surface area contributed by atoms with Crippen LogP contribution in [0.2, 0.25) is 0 Å². The Labute approximate surface area is 104 Å². The van der Waals surface area contributed by atoms with Crippen LogP contribution >= 0.6 is 7.82 Å². The predicted octanol–water partition coefficient (Wildman–Crippen LogP) is -1.20. The zero-order valence-corrected chi connectivity index (χ0v) is 11.1. The first-order chi connectivity index (χ1) is 4.06. The van der Waals surface area contributed by atoms with Gasteiger partial charge in [0.25, 0.3) is 0 Å². The maximum absolute atomic E-state index is 9.87. The largest absolute Gasteiger partial charge is 0.469 e. The van der Waals surface area contributed by atoms with Crippen molar-refractivity contribution in [3.8, 4) is 6.07 Å². The van der Waals surface area contributed by atoms with Gasteiger partial charge in [0.05, 0.1) is 19.1 Å². The van der Waals surface area contributed by atoms with Crippen LogP contribution in [-0.4, -0.2) is 70.8 Å². The molecule has 0 spiro atoms. The van der Waals surface area contributed by atoms with Gasteiger partial charge in [-0.05, 0) is 0 Å². The van der Waals surface area contributed by atoms with Crippen LogP contribution in [0.1, 0.15) is 6.42 Å². The molecule has 0 saturated heterocycles. The smallest absolute Gasteiger partial charge is 0.412 e. The van der Waals surface area contributed by atoms with Crippen molar-refractivity contribution in [2.24, 2.45) is 0 Å². The molecule has 62 valence electrons. The molecule has 11 heavy (non-hydrogen) atoms. The van der Waals surface area contributed by atoms with Gasteiger partial charge in [0.2, 0.25) is 0 Å². The summed E-state index contributed by atoms with van der Waals surface area (Å²) in [6, 6.07) is 1.67. The summed E-state index contributed by atoms with van der Waals surface area (Å²) < 4.78 is 13.8. The summed E-state index contributed by atoms with van der Waals surface area (Å²) in [7, 11) is -4.35. The summed E-state index contributed by atoms with van der Waals surface area (Å²) in [5.74, 6) is 0. The predicted molar refractivity (Wildman–Crippen MR) is 37.6 cm³/mol. The van der Waals surface area contributed by atoms with Crippen LogP contribution in [0.25, 0.3) is 0 Å². The van der Waals surface area contributed by atoms with Crippen LogP contribution in [0.15, 0.2) is 0 Å². The molecule has 0 unspecified atom stereocenters. The fraction of sp³-hybridized carbons (Fsp3) is 0.667. The number of hydrogen-bond donors (Lipinski definition) is 2. The fourth-order valence-electron chi connectivity index (χ4n) is 0.210. The summed E-state index contributed by atoms with van der Waals surface area (Å²) in [5.41, 5.74) is 0. The third-order valence-electron chi connectivity index (χ3n) is 0.473. The fourth-order valence-corrected chi connectivity index (χ4v) is 0.539. The van der Waals surface area contributed by atoms with Gasteiger partial charge in [-0.2, -0.15) is 5.26 Å². The van der Waals surface area contributed by atoms with Gasteiger partial charge in [0.15, 0.2) is 0 Å². The number of phosphoric ester groups is 1. The third-order valence-corrected chi connectivity index (χ3v) is 0.992. The second-order valence-corrected chi connectivity index (χ2v) is 2.47. The SMILES string of the molecule is N#CCCOP(=O)(O)O.O.[Ba]. The van der Waals surface area contributed by atoms with Crippen LogP contribution in [0, 0.1) is 11.3 Å². The molecule has 0 atom stereocenters. The Hall–Kier alpha value is 1.13. The number of rotatable bonds is 3. The van der Waals surface area contributed by atoms with Gasteiger partial charge in [-0.25, -0.2) is 4.57 Å². The molecule has 2 radical (unpaired) electrons. The molecule has 6 nitrogen and oxygen atoms in total. The molecule has 0 saturated carbocycles. The van der Waals surface area contributed by atoms with Crippen molar-refractivity contribution in [1.29, 1.82) is 5.26 Å². The number of phosphoric acid groups is 1. The van der Waals surface area contributed by atoms with E-state index in [4.69, 9.17) is 15.0 Å². The molecular weight excluding hydrogens is 298 g/mol. The van der Waals surface area contributed by atoms with E-state index < -0.39 is 7.82 Å². The van der Waals surface area contributed by atoms with E-state index in [9.17, 15) is 4.57 Å². The van der Waals surface area contributed by atoms with E-state index in [1.165, 1.54) is 0 Å². The molecule has 0 aromatic carbocycles. The second kappa shape index (κ2) is 9.22. The molecule has 0 bridgehead atoms. The van der Waals surface area contributed by atoms with Crippen molar-refractivity contribution in [3.63, 3.8) is 0 Å². The number of nitriles is 1. The van der Waals surface area contributed by atoms with E-state index in [1.807, 2.05) is 0 Å². The molecule has 0 amide bonds. The summed E-state index contributed by atoms with van der Waals surface area (Å²) in [6.07, 6.45) is -0.00882. The first-order valence-electron chi connectivity index (χ1n) is 2.13. The van der Waals surface area contributed by atoms with E-state index in [0.29, 0.717) is 0 Å². The Morgan fingerprint density at radius 3 is 2.27 bits per heavy atom. The van der Waals surface area contributed by atoms with Gasteiger partial charge in [-0.1, -0.05) is 0 Å². The van der Waals surface area contributed by atoms with Crippen molar-refractivity contribution >= 4 is 56.7 Å². The van der Waals surface area contributed by atoms with Crippen LogP contribution in [0.4, 0.5) is 0 Å². The van der Waals surface area contributed by atoms with E-state index >= 15 is 0 Å². The van der Waals surface area contributed by atoms with E-state index in [0.717, 1.165) is 0 Å². The molecule has 0 rings (SSSR count). The minimum Gasteiger partial charge on any atom is -0.412 e. The monoisotopic (exact) mass is 307 g/mol. The van der Waals surface area contributed by atoms with Crippen molar-refractivity contribution in [2.45, 2.75) is 6.42 Å². The molecule has 0 aliphatic rings. The standard InChI is InChI=1S/C3H6NO4P.Ba.H2O/c4-2-1-3-8-9(5,6)7;;/h1,3H2,(H2,5,6,7);;1H2. The van der Waals surface area contributed by atoms with Gasteiger partial charge in [-0.3, -0.25) is 4.52 Å². The van der Waals surface area contributed by atoms with Crippen LogP contribution in [0.3, 0.4) is 0 Å². The van der Waals surface area contributed by atoms with E-state index in [-0.39, 0.29) is 67.4 Å². The average molecular weight is 306 g/mol. The third kappa shape index (κ3) is 18.3. The first kappa shape index (κ1) is 18.0. The normalized spacial score (nSPS) is 8.82. The van der Waals surface area contributed by atoms with Crippen LogP contribution < -0.4 is 0 Å². The van der Waals surface area contributed by atoms with Crippen molar-refractivity contribution in [3.05, 3.63) is 0 Å². The maximum atomic E-state index is 9.87. The molecule has 0 aliphatic heterocycles. The van der Waals surface area contributed by atoms with E-state index in [2.05, 4.69) is 4.52 Å². The Morgan fingerprint density at radius 1 is 1.55 bits per heavy atom.